The first-order chi connectivity index (χ1) is 19.4. The van der Waals surface area contributed by atoms with Crippen LogP contribution in [0, 0.1) is 5.92 Å². The summed E-state index contributed by atoms with van der Waals surface area (Å²) in [6, 6.07) is 23.9. The average molecular weight is 542 g/mol. The molecule has 0 radical (unpaired) electrons. The number of hydrogen-bond donors (Lipinski definition) is 2. The minimum Gasteiger partial charge on any atom is -0.373 e. The van der Waals surface area contributed by atoms with Gasteiger partial charge in [0, 0.05) is 38.2 Å². The van der Waals surface area contributed by atoms with Gasteiger partial charge in [-0.1, -0.05) is 42.5 Å². The van der Waals surface area contributed by atoms with Crippen molar-refractivity contribution in [2.75, 3.05) is 57.5 Å². The van der Waals surface area contributed by atoms with E-state index in [2.05, 4.69) is 72.7 Å². The van der Waals surface area contributed by atoms with Crippen LogP contribution in [-0.4, -0.2) is 68.9 Å². The van der Waals surface area contributed by atoms with E-state index in [1.165, 1.54) is 0 Å². The zero-order valence-electron chi connectivity index (χ0n) is 24.1. The third-order valence-corrected chi connectivity index (χ3v) is 7.29. The highest BCUT2D eigenvalue weighted by atomic mass is 16.2. The molecule has 40 heavy (non-hydrogen) atoms. The molecule has 0 saturated heterocycles. The normalized spacial score (nSPS) is 12.8. The van der Waals surface area contributed by atoms with E-state index in [1.54, 1.807) is 0 Å². The lowest BCUT2D eigenvalue weighted by atomic mass is 10.0. The molecule has 1 aliphatic carbocycles. The smallest absolute Gasteiger partial charge is 0.255 e. The maximum Gasteiger partial charge on any atom is 0.255 e. The molecule has 0 atom stereocenters. The minimum atomic E-state index is -0.136. The van der Waals surface area contributed by atoms with Crippen LogP contribution in [0.1, 0.15) is 41.6 Å². The van der Waals surface area contributed by atoms with Crippen molar-refractivity contribution in [2.24, 2.45) is 11.7 Å². The van der Waals surface area contributed by atoms with Gasteiger partial charge < -0.3 is 25.8 Å². The molecule has 4 rings (SSSR count). The molecule has 0 aliphatic heterocycles. The quantitative estimate of drug-likeness (QED) is 0.297. The van der Waals surface area contributed by atoms with Crippen molar-refractivity contribution < 1.29 is 9.59 Å². The summed E-state index contributed by atoms with van der Waals surface area (Å²) < 4.78 is 0. The number of carbonyl (C=O) groups excluding carboxylic acids is 2. The van der Waals surface area contributed by atoms with Crippen molar-refractivity contribution in [3.05, 3.63) is 83.9 Å². The molecule has 7 heteroatoms. The van der Waals surface area contributed by atoms with Gasteiger partial charge in [0.1, 0.15) is 0 Å². The number of rotatable bonds is 14. The number of amides is 2. The van der Waals surface area contributed by atoms with Crippen molar-refractivity contribution in [2.45, 2.75) is 32.2 Å². The van der Waals surface area contributed by atoms with Crippen molar-refractivity contribution in [3.63, 3.8) is 0 Å². The zero-order chi connectivity index (χ0) is 28.5. The van der Waals surface area contributed by atoms with Gasteiger partial charge in [-0.05, 0) is 99.9 Å². The van der Waals surface area contributed by atoms with Gasteiger partial charge in [-0.25, -0.2) is 0 Å². The monoisotopic (exact) mass is 541 g/mol. The first kappa shape index (κ1) is 29.3. The Morgan fingerprint density at radius 1 is 0.850 bits per heavy atom. The van der Waals surface area contributed by atoms with Crippen LogP contribution in [0.5, 0.6) is 0 Å². The van der Waals surface area contributed by atoms with Gasteiger partial charge in [-0.2, -0.15) is 0 Å². The van der Waals surface area contributed by atoms with Gasteiger partial charge >= 0.3 is 0 Å². The number of benzene rings is 3. The van der Waals surface area contributed by atoms with E-state index >= 15 is 0 Å². The highest BCUT2D eigenvalue weighted by Gasteiger charge is 2.33. The predicted molar refractivity (Wildman–Crippen MR) is 165 cm³/mol. The molecule has 0 aromatic heterocycles. The summed E-state index contributed by atoms with van der Waals surface area (Å²) in [4.78, 5) is 32.4. The van der Waals surface area contributed by atoms with Gasteiger partial charge in [0.05, 0.1) is 11.4 Å². The molecule has 7 nitrogen and oxygen atoms in total. The average Bonchev–Trinajstić information content (AvgIpc) is 3.81. The molecule has 3 aromatic rings. The van der Waals surface area contributed by atoms with Crippen LogP contribution in [0.2, 0.25) is 0 Å². The van der Waals surface area contributed by atoms with Crippen LogP contribution in [0.4, 0.5) is 11.4 Å². The van der Waals surface area contributed by atoms with Crippen LogP contribution in [0.25, 0.3) is 11.1 Å². The summed E-state index contributed by atoms with van der Waals surface area (Å²) in [5, 5.41) is 3.17. The van der Waals surface area contributed by atoms with Crippen LogP contribution >= 0.6 is 0 Å². The summed E-state index contributed by atoms with van der Waals surface area (Å²) in [5.41, 5.74) is 11.3. The number of nitrogens with zero attached hydrogens (tertiary/aromatic N) is 3. The molecule has 1 aliphatic rings. The van der Waals surface area contributed by atoms with E-state index in [-0.39, 0.29) is 17.7 Å². The second-order valence-electron chi connectivity index (χ2n) is 11.0. The van der Waals surface area contributed by atoms with Gasteiger partial charge in [0.25, 0.3) is 5.91 Å². The second kappa shape index (κ2) is 14.1. The van der Waals surface area contributed by atoms with E-state index in [0.717, 1.165) is 66.8 Å². The molecular formula is C33H43N5O2. The van der Waals surface area contributed by atoms with Gasteiger partial charge in [-0.15, -0.1) is 0 Å². The molecule has 3 N–H and O–H groups in total. The Morgan fingerprint density at radius 2 is 1.60 bits per heavy atom. The minimum absolute atomic E-state index is 0.136. The summed E-state index contributed by atoms with van der Waals surface area (Å²) in [6.45, 7) is 3.69. The first-order valence-corrected chi connectivity index (χ1v) is 14.3. The molecule has 0 heterocycles. The lowest BCUT2D eigenvalue weighted by molar-refractivity contribution is -0.133. The van der Waals surface area contributed by atoms with Crippen molar-refractivity contribution in [1.29, 1.82) is 0 Å². The Labute approximate surface area is 239 Å². The van der Waals surface area contributed by atoms with Crippen LogP contribution in [0.15, 0.2) is 72.8 Å². The van der Waals surface area contributed by atoms with Crippen LogP contribution < -0.4 is 16.0 Å². The van der Waals surface area contributed by atoms with E-state index in [4.69, 9.17) is 5.73 Å². The second-order valence-corrected chi connectivity index (χ2v) is 11.0. The Bertz CT molecular complexity index is 1270. The van der Waals surface area contributed by atoms with Gasteiger partial charge in [-0.3, -0.25) is 9.59 Å². The topological polar surface area (TPSA) is 81.9 Å². The van der Waals surface area contributed by atoms with E-state index < -0.39 is 0 Å². The Morgan fingerprint density at radius 3 is 2.30 bits per heavy atom. The standard InChI is InChI=1S/C33H43N5O2/c1-36(2)19-9-20-37(3)31-17-16-29(23-30(31)35-32(39)26-11-5-4-6-12-26)28-13-7-10-25(22-28)24-38(21-8-18-34)33(40)27-14-15-27/h4-7,10-13,16-17,22-23,27H,8-9,14-15,18-21,24,34H2,1-3H3,(H,35,39). The van der Waals surface area contributed by atoms with Crippen molar-refractivity contribution in [1.82, 2.24) is 9.80 Å². The fourth-order valence-electron chi connectivity index (χ4n) is 4.88. The van der Waals surface area contributed by atoms with Crippen molar-refractivity contribution in [3.8, 4) is 11.1 Å². The molecule has 3 aromatic carbocycles. The molecule has 1 fully saturated rings. The predicted octanol–water partition coefficient (Wildman–Crippen LogP) is 5.08. The Balaban J connectivity index is 1.59. The van der Waals surface area contributed by atoms with Gasteiger partial charge in [0.2, 0.25) is 5.91 Å². The molecule has 212 valence electrons. The first-order valence-electron chi connectivity index (χ1n) is 14.3. The fourth-order valence-corrected chi connectivity index (χ4v) is 4.88. The van der Waals surface area contributed by atoms with Crippen molar-refractivity contribution >= 4 is 23.2 Å². The molecule has 0 bridgehead atoms. The van der Waals surface area contributed by atoms with Crippen LogP contribution in [-0.2, 0) is 11.3 Å². The molecule has 1 saturated carbocycles. The molecule has 0 unspecified atom stereocenters. The highest BCUT2D eigenvalue weighted by molar-refractivity contribution is 6.06. The summed E-state index contributed by atoms with van der Waals surface area (Å²) in [6.07, 6.45) is 3.79. The number of hydrogen-bond acceptors (Lipinski definition) is 5. The molecule has 0 spiro atoms. The number of carbonyl (C=O) groups is 2. The molecular weight excluding hydrogens is 498 g/mol. The maximum atomic E-state index is 13.1. The Hall–Kier alpha value is -3.68. The van der Waals surface area contributed by atoms with E-state index in [1.807, 2.05) is 41.3 Å². The third-order valence-electron chi connectivity index (χ3n) is 7.29. The lowest BCUT2D eigenvalue weighted by Crippen LogP contribution is -2.33. The highest BCUT2D eigenvalue weighted by Crippen LogP contribution is 2.34. The van der Waals surface area contributed by atoms with Gasteiger partial charge in [0.15, 0.2) is 0 Å². The summed E-state index contributed by atoms with van der Waals surface area (Å²) in [7, 11) is 6.22. The fraction of sp³-hybridized carbons (Fsp3) is 0.394. The number of nitrogens with one attached hydrogen (secondary N) is 1. The van der Waals surface area contributed by atoms with E-state index in [0.29, 0.717) is 25.2 Å². The van der Waals surface area contributed by atoms with Crippen LogP contribution in [0.3, 0.4) is 0 Å². The lowest BCUT2D eigenvalue weighted by Gasteiger charge is -2.25. The maximum absolute atomic E-state index is 13.1. The number of anilines is 2. The Kier molecular flexibility index (Phi) is 10.3. The largest absolute Gasteiger partial charge is 0.373 e. The molecule has 2 amide bonds. The summed E-state index contributed by atoms with van der Waals surface area (Å²) >= 11 is 0. The van der Waals surface area contributed by atoms with E-state index in [9.17, 15) is 9.59 Å². The zero-order valence-corrected chi connectivity index (χ0v) is 24.1. The third kappa shape index (κ3) is 8.16. The summed E-state index contributed by atoms with van der Waals surface area (Å²) in [5.74, 6) is 0.286. The number of nitrogens with two attached hydrogens (primary N) is 1. The SMILES string of the molecule is CN(C)CCCN(C)c1ccc(-c2cccc(CN(CCCN)C(=O)C3CC3)c2)cc1NC(=O)c1ccccc1.